The minimum absolute atomic E-state index is 0.233. The van der Waals surface area contributed by atoms with E-state index in [0.717, 1.165) is 11.1 Å². The highest BCUT2D eigenvalue weighted by Gasteiger charge is 2.08. The molecule has 0 amide bonds. The van der Waals surface area contributed by atoms with Crippen molar-refractivity contribution in [3.05, 3.63) is 34.3 Å². The Bertz CT molecular complexity index is 341. The van der Waals surface area contributed by atoms with Gasteiger partial charge in [0.15, 0.2) is 0 Å². The fourth-order valence-corrected chi connectivity index (χ4v) is 1.40. The van der Waals surface area contributed by atoms with E-state index < -0.39 is 0 Å². The maximum absolute atomic E-state index is 8.50. The van der Waals surface area contributed by atoms with E-state index in [-0.39, 0.29) is 6.04 Å². The van der Waals surface area contributed by atoms with Crippen molar-refractivity contribution in [2.24, 2.45) is 5.73 Å². The van der Waals surface area contributed by atoms with E-state index in [2.05, 4.69) is 0 Å². The molecule has 0 aliphatic rings. The zero-order chi connectivity index (χ0) is 9.84. The number of halogens is 1. The molecule has 0 aromatic heterocycles. The van der Waals surface area contributed by atoms with E-state index in [0.29, 0.717) is 11.4 Å². The Morgan fingerprint density at radius 3 is 2.92 bits per heavy atom. The van der Waals surface area contributed by atoms with Gasteiger partial charge in [-0.3, -0.25) is 0 Å². The lowest BCUT2D eigenvalue weighted by Gasteiger charge is -2.11. The minimum atomic E-state index is -0.233. The van der Waals surface area contributed by atoms with Gasteiger partial charge in [0, 0.05) is 11.1 Å². The molecule has 13 heavy (non-hydrogen) atoms. The lowest BCUT2D eigenvalue weighted by molar-refractivity contribution is 0.742. The second-order valence-corrected chi connectivity index (χ2v) is 3.41. The molecular formula is C10H11ClN2. The van der Waals surface area contributed by atoms with Gasteiger partial charge in [0.25, 0.3) is 0 Å². The summed E-state index contributed by atoms with van der Waals surface area (Å²) in [4.78, 5) is 0. The molecule has 0 aliphatic carbocycles. The Hall–Kier alpha value is -1.04. The Morgan fingerprint density at radius 2 is 2.31 bits per heavy atom. The van der Waals surface area contributed by atoms with E-state index in [1.54, 1.807) is 0 Å². The first kappa shape index (κ1) is 10.0. The fourth-order valence-electron chi connectivity index (χ4n) is 1.22. The molecule has 0 radical (unpaired) electrons. The number of hydrogen-bond donors (Lipinski definition) is 1. The first-order chi connectivity index (χ1) is 6.15. The van der Waals surface area contributed by atoms with Gasteiger partial charge in [-0.1, -0.05) is 17.7 Å². The van der Waals surface area contributed by atoms with Crippen LogP contribution in [0.3, 0.4) is 0 Å². The van der Waals surface area contributed by atoms with Gasteiger partial charge in [0.05, 0.1) is 12.5 Å². The zero-order valence-electron chi connectivity index (χ0n) is 7.42. The molecule has 0 heterocycles. The maximum Gasteiger partial charge on any atom is 0.0641 e. The summed E-state index contributed by atoms with van der Waals surface area (Å²) < 4.78 is 0. The summed E-state index contributed by atoms with van der Waals surface area (Å²) in [6.45, 7) is 1.96. The SMILES string of the molecule is Cc1ccc(Cl)cc1C(N)CC#N. The van der Waals surface area contributed by atoms with E-state index >= 15 is 0 Å². The molecule has 2 nitrogen and oxygen atoms in total. The van der Waals surface area contributed by atoms with Crippen molar-refractivity contribution >= 4 is 11.6 Å². The van der Waals surface area contributed by atoms with Gasteiger partial charge < -0.3 is 5.73 Å². The summed E-state index contributed by atoms with van der Waals surface area (Å²) >= 11 is 5.82. The number of hydrogen-bond acceptors (Lipinski definition) is 2. The summed E-state index contributed by atoms with van der Waals surface area (Å²) in [7, 11) is 0. The van der Waals surface area contributed by atoms with Gasteiger partial charge in [-0.05, 0) is 30.2 Å². The molecule has 1 aromatic rings. The number of nitrogens with two attached hydrogens (primary N) is 1. The van der Waals surface area contributed by atoms with Gasteiger partial charge in [0.1, 0.15) is 0 Å². The van der Waals surface area contributed by atoms with E-state index in [4.69, 9.17) is 22.6 Å². The topological polar surface area (TPSA) is 49.8 Å². The second kappa shape index (κ2) is 4.27. The van der Waals surface area contributed by atoms with Crippen LogP contribution in [-0.2, 0) is 0 Å². The van der Waals surface area contributed by atoms with Crippen LogP contribution in [0.1, 0.15) is 23.6 Å². The third-order valence-corrected chi connectivity index (χ3v) is 2.19. The molecule has 0 saturated carbocycles. The van der Waals surface area contributed by atoms with Gasteiger partial charge in [-0.2, -0.15) is 5.26 Å². The molecule has 68 valence electrons. The molecule has 3 heteroatoms. The van der Waals surface area contributed by atoms with Crippen molar-refractivity contribution < 1.29 is 0 Å². The predicted molar refractivity (Wildman–Crippen MR) is 53.3 cm³/mol. The van der Waals surface area contributed by atoms with Crippen LogP contribution in [0.25, 0.3) is 0 Å². The lowest BCUT2D eigenvalue weighted by atomic mass is 10.0. The van der Waals surface area contributed by atoms with Crippen LogP contribution in [0.4, 0.5) is 0 Å². The predicted octanol–water partition coefficient (Wildman–Crippen LogP) is 2.56. The van der Waals surface area contributed by atoms with Crippen LogP contribution < -0.4 is 5.73 Å². The van der Waals surface area contributed by atoms with E-state index in [9.17, 15) is 0 Å². The Labute approximate surface area is 82.9 Å². The highest BCUT2D eigenvalue weighted by molar-refractivity contribution is 6.30. The molecule has 2 N–H and O–H groups in total. The number of nitrogens with zero attached hydrogens (tertiary/aromatic N) is 1. The molecule has 0 aliphatic heterocycles. The first-order valence-electron chi connectivity index (χ1n) is 4.03. The average molecular weight is 195 g/mol. The summed E-state index contributed by atoms with van der Waals surface area (Å²) in [6, 6.07) is 7.36. The second-order valence-electron chi connectivity index (χ2n) is 2.97. The van der Waals surface area contributed by atoms with E-state index in [1.807, 2.05) is 31.2 Å². The van der Waals surface area contributed by atoms with Crippen LogP contribution in [0.5, 0.6) is 0 Å². The molecule has 0 bridgehead atoms. The van der Waals surface area contributed by atoms with Crippen LogP contribution in [0, 0.1) is 18.3 Å². The number of benzene rings is 1. The van der Waals surface area contributed by atoms with E-state index in [1.165, 1.54) is 0 Å². The van der Waals surface area contributed by atoms with Gasteiger partial charge in [-0.25, -0.2) is 0 Å². The maximum atomic E-state index is 8.50. The largest absolute Gasteiger partial charge is 0.323 e. The monoisotopic (exact) mass is 194 g/mol. The smallest absolute Gasteiger partial charge is 0.0641 e. The van der Waals surface area contributed by atoms with Crippen LogP contribution in [0.15, 0.2) is 18.2 Å². The summed E-state index contributed by atoms with van der Waals surface area (Å²) in [5, 5.41) is 9.16. The Kier molecular flexibility index (Phi) is 3.30. The summed E-state index contributed by atoms with van der Waals surface area (Å²) in [6.07, 6.45) is 0.321. The third-order valence-electron chi connectivity index (χ3n) is 1.95. The average Bonchev–Trinajstić information content (AvgIpc) is 2.09. The highest BCUT2D eigenvalue weighted by atomic mass is 35.5. The van der Waals surface area contributed by atoms with Crippen molar-refractivity contribution in [1.82, 2.24) is 0 Å². The summed E-state index contributed by atoms with van der Waals surface area (Å²) in [5.74, 6) is 0. The number of rotatable bonds is 2. The molecule has 1 unspecified atom stereocenters. The standard InChI is InChI=1S/C10H11ClN2/c1-7-2-3-8(11)6-9(7)10(13)4-5-12/h2-3,6,10H,4,13H2,1H3. The van der Waals surface area contributed by atoms with Crippen LogP contribution in [0.2, 0.25) is 5.02 Å². The summed E-state index contributed by atoms with van der Waals surface area (Å²) in [5.41, 5.74) is 7.82. The Morgan fingerprint density at radius 1 is 1.62 bits per heavy atom. The third kappa shape index (κ3) is 2.45. The number of nitriles is 1. The van der Waals surface area contributed by atoms with Crippen molar-refractivity contribution in [2.75, 3.05) is 0 Å². The van der Waals surface area contributed by atoms with Crippen molar-refractivity contribution in [3.8, 4) is 6.07 Å². The molecule has 0 fully saturated rings. The zero-order valence-corrected chi connectivity index (χ0v) is 8.17. The fraction of sp³-hybridized carbons (Fsp3) is 0.300. The molecule has 0 spiro atoms. The Balaban J connectivity index is 3.00. The first-order valence-corrected chi connectivity index (χ1v) is 4.41. The normalized spacial score (nSPS) is 12.2. The lowest BCUT2D eigenvalue weighted by Crippen LogP contribution is -2.10. The van der Waals surface area contributed by atoms with Crippen molar-refractivity contribution in [2.45, 2.75) is 19.4 Å². The van der Waals surface area contributed by atoms with Crippen molar-refractivity contribution in [3.63, 3.8) is 0 Å². The molecule has 0 saturated heterocycles. The molecular weight excluding hydrogens is 184 g/mol. The molecule has 1 rings (SSSR count). The number of aryl methyl sites for hydroxylation is 1. The minimum Gasteiger partial charge on any atom is -0.323 e. The highest BCUT2D eigenvalue weighted by Crippen LogP contribution is 2.21. The van der Waals surface area contributed by atoms with Crippen LogP contribution >= 0.6 is 11.6 Å². The van der Waals surface area contributed by atoms with Crippen molar-refractivity contribution in [1.29, 1.82) is 5.26 Å². The van der Waals surface area contributed by atoms with Gasteiger partial charge in [0.2, 0.25) is 0 Å². The quantitative estimate of drug-likeness (QED) is 0.787. The van der Waals surface area contributed by atoms with Gasteiger partial charge >= 0.3 is 0 Å². The molecule has 1 aromatic carbocycles. The van der Waals surface area contributed by atoms with Gasteiger partial charge in [-0.15, -0.1) is 0 Å². The molecule has 1 atom stereocenters. The van der Waals surface area contributed by atoms with Crippen LogP contribution in [-0.4, -0.2) is 0 Å².